The van der Waals surface area contributed by atoms with Crippen molar-refractivity contribution in [1.82, 2.24) is 5.32 Å². The number of rotatable bonds is 10. The molecule has 1 heterocycles. The monoisotopic (exact) mass is 319 g/mol. The van der Waals surface area contributed by atoms with Crippen LogP contribution in [0.1, 0.15) is 44.9 Å². The maximum atomic E-state index is 11.6. The topological polar surface area (TPSA) is 83.5 Å². The Morgan fingerprint density at radius 2 is 2.15 bits per heavy atom. The first-order chi connectivity index (χ1) is 9.61. The van der Waals surface area contributed by atoms with Gasteiger partial charge in [-0.05, 0) is 25.7 Å². The van der Waals surface area contributed by atoms with Crippen molar-refractivity contribution in [2.75, 3.05) is 5.75 Å². The molecular weight excluding hydrogens is 298 g/mol. The van der Waals surface area contributed by atoms with Crippen LogP contribution < -0.4 is 5.32 Å². The molecule has 2 N–H and O–H groups in total. The Bertz CT molecular complexity index is 332. The number of hydrogen-bond donors (Lipinski definition) is 2. The molecule has 0 aliphatic carbocycles. The second kappa shape index (κ2) is 10.1. The highest BCUT2D eigenvalue weighted by Crippen LogP contribution is 2.39. The van der Waals surface area contributed by atoms with Crippen LogP contribution in [0.4, 0.5) is 0 Å². The highest BCUT2D eigenvalue weighted by atomic mass is 33.1. The van der Waals surface area contributed by atoms with E-state index >= 15 is 0 Å². The molecule has 2 unspecified atom stereocenters. The fraction of sp³-hybridized carbons (Fsp3) is 0.769. The van der Waals surface area contributed by atoms with E-state index in [9.17, 15) is 14.4 Å². The third-order valence-corrected chi connectivity index (χ3v) is 6.09. The first kappa shape index (κ1) is 17.4. The molecule has 0 saturated carbocycles. The molecule has 0 aromatic heterocycles. The smallest absolute Gasteiger partial charge is 0.303 e. The molecule has 0 aromatic rings. The molecule has 20 heavy (non-hydrogen) atoms. The number of hydrogen-bond acceptors (Lipinski definition) is 5. The van der Waals surface area contributed by atoms with E-state index in [0.29, 0.717) is 12.7 Å². The summed E-state index contributed by atoms with van der Waals surface area (Å²) in [4.78, 5) is 32.8. The number of unbranched alkanes of at least 4 members (excludes halogenated alkanes) is 1. The van der Waals surface area contributed by atoms with Gasteiger partial charge in [-0.25, -0.2) is 0 Å². The predicted octanol–water partition coefficient (Wildman–Crippen LogP) is 2.25. The van der Waals surface area contributed by atoms with Crippen LogP contribution in [0.25, 0.3) is 0 Å². The van der Waals surface area contributed by atoms with Crippen molar-refractivity contribution in [3.8, 4) is 0 Å². The van der Waals surface area contributed by atoms with Crippen LogP contribution in [-0.4, -0.2) is 40.3 Å². The van der Waals surface area contributed by atoms with Gasteiger partial charge in [0.1, 0.15) is 6.29 Å². The minimum atomic E-state index is -0.960. The highest BCUT2D eigenvalue weighted by molar-refractivity contribution is 8.77. The summed E-state index contributed by atoms with van der Waals surface area (Å²) >= 11 is 0. The minimum absolute atomic E-state index is 0.111. The molecule has 0 bridgehead atoms. The number of nitrogens with one attached hydrogen (secondary N) is 1. The van der Waals surface area contributed by atoms with Gasteiger partial charge in [-0.2, -0.15) is 0 Å². The standard InChI is InChI=1S/C13H21NO4S2/c15-9-10(5-6-13(17)18)14-12(16)4-2-1-3-11-7-8-19-20-11/h9-11H,1-8H2,(H,14,16)(H,17,18). The van der Waals surface area contributed by atoms with Gasteiger partial charge in [-0.3, -0.25) is 9.59 Å². The third-order valence-electron chi connectivity index (χ3n) is 3.09. The molecule has 1 saturated heterocycles. The summed E-state index contributed by atoms with van der Waals surface area (Å²) in [6, 6.07) is -0.680. The van der Waals surface area contributed by atoms with Gasteiger partial charge in [0.25, 0.3) is 0 Å². The molecule has 5 nitrogen and oxygen atoms in total. The average Bonchev–Trinajstić information content (AvgIpc) is 2.92. The number of carboxylic acid groups (broad SMARTS) is 1. The fourth-order valence-electron chi connectivity index (χ4n) is 1.95. The normalized spacial score (nSPS) is 19.5. The lowest BCUT2D eigenvalue weighted by Gasteiger charge is -2.12. The van der Waals surface area contributed by atoms with Crippen LogP contribution >= 0.6 is 21.6 Å². The molecule has 1 fully saturated rings. The maximum Gasteiger partial charge on any atom is 0.303 e. The van der Waals surface area contributed by atoms with Crippen LogP contribution in [-0.2, 0) is 14.4 Å². The Morgan fingerprint density at radius 1 is 1.35 bits per heavy atom. The van der Waals surface area contributed by atoms with Crippen molar-refractivity contribution < 1.29 is 19.5 Å². The van der Waals surface area contributed by atoms with Crippen LogP contribution in [0.15, 0.2) is 0 Å². The van der Waals surface area contributed by atoms with Crippen molar-refractivity contribution in [3.63, 3.8) is 0 Å². The lowest BCUT2D eigenvalue weighted by molar-refractivity contribution is -0.137. The first-order valence-electron chi connectivity index (χ1n) is 6.86. The van der Waals surface area contributed by atoms with Gasteiger partial charge in [-0.15, -0.1) is 0 Å². The van der Waals surface area contributed by atoms with Gasteiger partial charge in [0, 0.05) is 23.8 Å². The highest BCUT2D eigenvalue weighted by Gasteiger charge is 2.16. The van der Waals surface area contributed by atoms with E-state index in [1.165, 1.54) is 12.2 Å². The summed E-state index contributed by atoms with van der Waals surface area (Å²) in [5.41, 5.74) is 0. The van der Waals surface area contributed by atoms with Gasteiger partial charge in [0.05, 0.1) is 6.04 Å². The minimum Gasteiger partial charge on any atom is -0.481 e. The summed E-state index contributed by atoms with van der Waals surface area (Å²) in [6.45, 7) is 0. The van der Waals surface area contributed by atoms with E-state index in [1.807, 2.05) is 21.6 Å². The summed E-state index contributed by atoms with van der Waals surface area (Å²) in [5, 5.41) is 11.8. The zero-order valence-corrected chi connectivity index (χ0v) is 13.0. The molecule has 0 aromatic carbocycles. The molecular formula is C13H21NO4S2. The van der Waals surface area contributed by atoms with E-state index in [2.05, 4.69) is 5.32 Å². The molecule has 1 rings (SSSR count). The van der Waals surface area contributed by atoms with Gasteiger partial charge >= 0.3 is 5.97 Å². The van der Waals surface area contributed by atoms with Crippen molar-refractivity contribution in [1.29, 1.82) is 0 Å². The van der Waals surface area contributed by atoms with E-state index in [4.69, 9.17) is 5.11 Å². The number of carbonyl (C=O) groups excluding carboxylic acids is 2. The molecule has 0 spiro atoms. The SMILES string of the molecule is O=CC(CCC(=O)O)NC(=O)CCCCC1CCSS1. The Hall–Kier alpha value is -0.690. The number of carbonyl (C=O) groups is 3. The van der Waals surface area contributed by atoms with Crippen LogP contribution in [0.5, 0.6) is 0 Å². The average molecular weight is 319 g/mol. The van der Waals surface area contributed by atoms with Gasteiger partial charge in [-0.1, -0.05) is 28.0 Å². The summed E-state index contributed by atoms with van der Waals surface area (Å²) in [7, 11) is 3.86. The van der Waals surface area contributed by atoms with Gasteiger partial charge in [0.15, 0.2) is 0 Å². The van der Waals surface area contributed by atoms with Crippen LogP contribution in [0.2, 0.25) is 0 Å². The maximum absolute atomic E-state index is 11.6. The molecule has 1 amide bonds. The predicted molar refractivity (Wildman–Crippen MR) is 81.8 cm³/mol. The van der Waals surface area contributed by atoms with Crippen molar-refractivity contribution in [2.45, 2.75) is 56.2 Å². The molecule has 0 radical (unpaired) electrons. The molecule has 7 heteroatoms. The zero-order valence-electron chi connectivity index (χ0n) is 11.4. The third kappa shape index (κ3) is 7.79. The van der Waals surface area contributed by atoms with Crippen molar-refractivity contribution >= 4 is 39.8 Å². The lowest BCUT2D eigenvalue weighted by Crippen LogP contribution is -2.36. The van der Waals surface area contributed by atoms with Gasteiger partial charge < -0.3 is 15.2 Å². The molecule has 114 valence electrons. The summed E-state index contributed by atoms with van der Waals surface area (Å²) < 4.78 is 0. The fourth-order valence-corrected chi connectivity index (χ4v) is 4.98. The number of amides is 1. The number of carboxylic acids is 1. The Morgan fingerprint density at radius 3 is 2.75 bits per heavy atom. The number of aldehydes is 1. The zero-order chi connectivity index (χ0) is 14.8. The van der Waals surface area contributed by atoms with Crippen LogP contribution in [0.3, 0.4) is 0 Å². The Balaban J connectivity index is 2.08. The van der Waals surface area contributed by atoms with Crippen LogP contribution in [0, 0.1) is 0 Å². The molecule has 1 aliphatic rings. The van der Waals surface area contributed by atoms with Gasteiger partial charge in [0.2, 0.25) is 5.91 Å². The largest absolute Gasteiger partial charge is 0.481 e. The Kier molecular flexibility index (Phi) is 8.77. The van der Waals surface area contributed by atoms with Crippen molar-refractivity contribution in [3.05, 3.63) is 0 Å². The number of aliphatic carboxylic acids is 1. The quantitative estimate of drug-likeness (QED) is 0.365. The summed E-state index contributed by atoms with van der Waals surface area (Å²) in [5.74, 6) is 0.0967. The lowest BCUT2D eigenvalue weighted by atomic mass is 10.1. The van der Waals surface area contributed by atoms with E-state index in [1.54, 1.807) is 0 Å². The van der Waals surface area contributed by atoms with E-state index < -0.39 is 12.0 Å². The van der Waals surface area contributed by atoms with E-state index in [0.717, 1.165) is 24.5 Å². The Labute approximate surface area is 127 Å². The van der Waals surface area contributed by atoms with Crippen molar-refractivity contribution in [2.24, 2.45) is 0 Å². The second-order valence-electron chi connectivity index (χ2n) is 4.82. The van der Waals surface area contributed by atoms with E-state index in [-0.39, 0.29) is 18.7 Å². The summed E-state index contributed by atoms with van der Waals surface area (Å²) in [6.07, 6.45) is 5.28. The second-order valence-corrected chi connectivity index (χ2v) is 7.60. The first-order valence-corrected chi connectivity index (χ1v) is 9.24. The molecule has 2 atom stereocenters. The molecule has 1 aliphatic heterocycles.